The Bertz CT molecular complexity index is 811. The number of primary amides is 1. The van der Waals surface area contributed by atoms with E-state index in [4.69, 9.17) is 16.2 Å². The van der Waals surface area contributed by atoms with Gasteiger partial charge in [0.2, 0.25) is 0 Å². The van der Waals surface area contributed by atoms with Gasteiger partial charge in [0, 0.05) is 13.1 Å². The molecule has 1 heterocycles. The molecule has 128 valence electrons. The van der Waals surface area contributed by atoms with Gasteiger partial charge in [-0.15, -0.1) is 0 Å². The molecule has 0 bridgehead atoms. The highest BCUT2D eigenvalue weighted by atomic mass is 16.5. The van der Waals surface area contributed by atoms with Gasteiger partial charge in [-0.25, -0.2) is 0 Å². The molecule has 0 spiro atoms. The third kappa shape index (κ3) is 3.98. The van der Waals surface area contributed by atoms with Crippen molar-refractivity contribution in [2.45, 2.75) is 6.42 Å². The Hall–Kier alpha value is -3.28. The highest BCUT2D eigenvalue weighted by Gasteiger charge is 2.20. The first kappa shape index (κ1) is 16.6. The predicted octanol–water partition coefficient (Wildman–Crippen LogP) is 2.03. The summed E-state index contributed by atoms with van der Waals surface area (Å²) in [6.45, 7) is 1.39. The van der Waals surface area contributed by atoms with Crippen molar-refractivity contribution in [1.29, 1.82) is 0 Å². The minimum Gasteiger partial charge on any atom is -0.457 e. The first-order valence-corrected chi connectivity index (χ1v) is 8.07. The quantitative estimate of drug-likeness (QED) is 0.727. The number of aliphatic imine (C=N–C) groups is 1. The van der Waals surface area contributed by atoms with Crippen LogP contribution in [0.25, 0.3) is 5.70 Å². The van der Waals surface area contributed by atoms with Crippen LogP contribution < -0.4 is 21.5 Å². The number of nitrogens with two attached hydrogens (primary N) is 2. The summed E-state index contributed by atoms with van der Waals surface area (Å²) in [6, 6.07) is 16.7. The van der Waals surface area contributed by atoms with Crippen molar-refractivity contribution in [2.75, 3.05) is 13.1 Å². The number of carbonyl (C=O) groups excluding carboxylic acids is 1. The number of amidine groups is 1. The van der Waals surface area contributed by atoms with Gasteiger partial charge in [0.25, 0.3) is 5.91 Å². The van der Waals surface area contributed by atoms with Crippen LogP contribution >= 0.6 is 0 Å². The number of nitrogens with zero attached hydrogens (tertiary/aromatic N) is 1. The Labute approximate surface area is 146 Å². The predicted molar refractivity (Wildman–Crippen MR) is 98.2 cm³/mol. The molecule has 0 saturated heterocycles. The summed E-state index contributed by atoms with van der Waals surface area (Å²) < 4.78 is 5.75. The molecule has 0 atom stereocenters. The molecular weight excluding hydrogens is 316 g/mol. The molecule has 0 fully saturated rings. The number of amides is 1. The average Bonchev–Trinajstić information content (AvgIpc) is 2.64. The van der Waals surface area contributed by atoms with E-state index in [1.54, 1.807) is 24.3 Å². The molecule has 25 heavy (non-hydrogen) atoms. The molecule has 3 rings (SSSR count). The number of benzene rings is 2. The average molecular weight is 336 g/mol. The highest BCUT2D eigenvalue weighted by Crippen LogP contribution is 2.23. The third-order valence-corrected chi connectivity index (χ3v) is 3.79. The Balaban J connectivity index is 1.86. The minimum absolute atomic E-state index is 0.219. The molecule has 0 unspecified atom stereocenters. The van der Waals surface area contributed by atoms with Crippen LogP contribution in [0.4, 0.5) is 0 Å². The molecule has 2 aromatic carbocycles. The number of hydrogen-bond donors (Lipinski definition) is 3. The van der Waals surface area contributed by atoms with Gasteiger partial charge >= 0.3 is 0 Å². The summed E-state index contributed by atoms with van der Waals surface area (Å²) >= 11 is 0. The van der Waals surface area contributed by atoms with Gasteiger partial charge in [-0.2, -0.15) is 0 Å². The fraction of sp³-hybridized carbons (Fsp3) is 0.158. The van der Waals surface area contributed by atoms with Gasteiger partial charge in [-0.05, 0) is 48.4 Å². The lowest BCUT2D eigenvalue weighted by Gasteiger charge is -2.17. The topological polar surface area (TPSA) is 103 Å². The number of carbonyl (C=O) groups is 1. The molecule has 0 aromatic heterocycles. The largest absolute Gasteiger partial charge is 0.457 e. The summed E-state index contributed by atoms with van der Waals surface area (Å²) in [5, 5.41) is 3.08. The van der Waals surface area contributed by atoms with Crippen molar-refractivity contribution in [3.8, 4) is 11.5 Å². The van der Waals surface area contributed by atoms with Crippen molar-refractivity contribution < 1.29 is 9.53 Å². The molecule has 0 saturated carbocycles. The Morgan fingerprint density at radius 1 is 1.00 bits per heavy atom. The number of rotatable bonds is 5. The molecule has 6 nitrogen and oxygen atoms in total. The Kier molecular flexibility index (Phi) is 4.99. The molecule has 5 N–H and O–H groups in total. The van der Waals surface area contributed by atoms with E-state index in [-0.39, 0.29) is 5.57 Å². The van der Waals surface area contributed by atoms with Gasteiger partial charge in [0.05, 0.1) is 5.70 Å². The first-order valence-electron chi connectivity index (χ1n) is 8.07. The maximum Gasteiger partial charge on any atom is 0.254 e. The van der Waals surface area contributed by atoms with Crippen LogP contribution in [0.3, 0.4) is 0 Å². The molecule has 6 heteroatoms. The van der Waals surface area contributed by atoms with Gasteiger partial charge in [-0.3, -0.25) is 9.79 Å². The van der Waals surface area contributed by atoms with E-state index in [1.807, 2.05) is 30.3 Å². The van der Waals surface area contributed by atoms with Crippen LogP contribution in [0.15, 0.2) is 65.2 Å². The zero-order valence-electron chi connectivity index (χ0n) is 13.7. The summed E-state index contributed by atoms with van der Waals surface area (Å²) in [4.78, 5) is 16.2. The Morgan fingerprint density at radius 2 is 1.68 bits per heavy atom. The number of para-hydroxylation sites is 1. The summed E-state index contributed by atoms with van der Waals surface area (Å²) in [5.74, 6) is 1.28. The summed E-state index contributed by atoms with van der Waals surface area (Å²) in [6.07, 6.45) is 0.918. The van der Waals surface area contributed by atoms with Crippen molar-refractivity contribution >= 4 is 17.4 Å². The number of ether oxygens (including phenoxy) is 1. The second-order valence-electron chi connectivity index (χ2n) is 5.60. The van der Waals surface area contributed by atoms with E-state index in [1.165, 1.54) is 0 Å². The normalized spacial score (nSPS) is 14.8. The lowest BCUT2D eigenvalue weighted by molar-refractivity contribution is -0.114. The van der Waals surface area contributed by atoms with E-state index in [9.17, 15) is 4.79 Å². The van der Waals surface area contributed by atoms with Crippen LogP contribution in [0.5, 0.6) is 11.5 Å². The van der Waals surface area contributed by atoms with E-state index < -0.39 is 5.91 Å². The second kappa shape index (κ2) is 7.53. The van der Waals surface area contributed by atoms with Crippen LogP contribution in [-0.2, 0) is 4.79 Å². The van der Waals surface area contributed by atoms with Crippen molar-refractivity contribution in [1.82, 2.24) is 5.32 Å². The fourth-order valence-electron chi connectivity index (χ4n) is 2.55. The summed E-state index contributed by atoms with van der Waals surface area (Å²) in [7, 11) is 0. The zero-order valence-corrected chi connectivity index (χ0v) is 13.7. The minimum atomic E-state index is -0.602. The molecule has 1 aliphatic rings. The molecule has 2 aromatic rings. The second-order valence-corrected chi connectivity index (χ2v) is 5.60. The van der Waals surface area contributed by atoms with Crippen LogP contribution in [0, 0.1) is 0 Å². The lowest BCUT2D eigenvalue weighted by Crippen LogP contribution is -2.37. The van der Waals surface area contributed by atoms with Gasteiger partial charge < -0.3 is 21.5 Å². The van der Waals surface area contributed by atoms with Gasteiger partial charge in [0.15, 0.2) is 0 Å². The van der Waals surface area contributed by atoms with Crippen LogP contribution in [0.2, 0.25) is 0 Å². The monoisotopic (exact) mass is 336 g/mol. The lowest BCUT2D eigenvalue weighted by atomic mass is 10.0. The van der Waals surface area contributed by atoms with Gasteiger partial charge in [0.1, 0.15) is 22.9 Å². The van der Waals surface area contributed by atoms with Crippen molar-refractivity contribution in [3.05, 3.63) is 65.7 Å². The third-order valence-electron chi connectivity index (χ3n) is 3.79. The molecular formula is C19H20N4O2. The van der Waals surface area contributed by atoms with E-state index in [2.05, 4.69) is 10.3 Å². The molecule has 1 aliphatic heterocycles. The van der Waals surface area contributed by atoms with E-state index in [0.717, 1.165) is 18.7 Å². The van der Waals surface area contributed by atoms with Crippen molar-refractivity contribution in [2.24, 2.45) is 16.5 Å². The highest BCUT2D eigenvalue weighted by molar-refractivity contribution is 6.25. The number of nitrogens with one attached hydrogen (secondary N) is 1. The van der Waals surface area contributed by atoms with Crippen LogP contribution in [0.1, 0.15) is 12.0 Å². The van der Waals surface area contributed by atoms with Crippen LogP contribution in [-0.4, -0.2) is 24.8 Å². The molecule has 1 amide bonds. The zero-order chi connectivity index (χ0) is 17.6. The maximum atomic E-state index is 11.9. The Morgan fingerprint density at radius 3 is 2.28 bits per heavy atom. The SMILES string of the molecule is NC(=O)/C(C1=NCCCN1)=C(/N)c1ccc(Oc2ccccc2)cc1. The first-order chi connectivity index (χ1) is 12.1. The number of hydrogen-bond acceptors (Lipinski definition) is 5. The standard InChI is InChI=1S/C19H20N4O2/c20-17(16(18(21)24)19-22-11-4-12-23-19)13-7-9-15(10-8-13)25-14-5-2-1-3-6-14/h1-3,5-10H,4,11-12,20H2,(H2,21,24)(H,22,23)/b17-16-. The van der Waals surface area contributed by atoms with Gasteiger partial charge in [-0.1, -0.05) is 18.2 Å². The van der Waals surface area contributed by atoms with E-state index >= 15 is 0 Å². The molecule has 0 aliphatic carbocycles. The molecule has 0 radical (unpaired) electrons. The smallest absolute Gasteiger partial charge is 0.254 e. The maximum absolute atomic E-state index is 11.9. The van der Waals surface area contributed by atoms with Crippen molar-refractivity contribution in [3.63, 3.8) is 0 Å². The van der Waals surface area contributed by atoms with E-state index in [0.29, 0.717) is 29.4 Å². The summed E-state index contributed by atoms with van der Waals surface area (Å²) in [5.41, 5.74) is 12.9. The fourth-order valence-corrected chi connectivity index (χ4v) is 2.55.